The highest BCUT2D eigenvalue weighted by Crippen LogP contribution is 2.35. The maximum absolute atomic E-state index is 13.1. The van der Waals surface area contributed by atoms with Crippen LogP contribution in [0.3, 0.4) is 0 Å². The van der Waals surface area contributed by atoms with Crippen LogP contribution in [0.25, 0.3) is 0 Å². The summed E-state index contributed by atoms with van der Waals surface area (Å²) in [6, 6.07) is 5.57. The second-order valence-corrected chi connectivity index (χ2v) is 6.35. The minimum absolute atomic E-state index is 0.164. The summed E-state index contributed by atoms with van der Waals surface area (Å²) in [6.45, 7) is 0.922. The number of halogens is 1. The van der Waals surface area contributed by atoms with E-state index < -0.39 is 17.2 Å². The molecule has 0 radical (unpaired) electrons. The van der Waals surface area contributed by atoms with Crippen molar-refractivity contribution in [2.75, 3.05) is 33.4 Å². The summed E-state index contributed by atoms with van der Waals surface area (Å²) >= 11 is 0. The molecule has 0 bridgehead atoms. The van der Waals surface area contributed by atoms with E-state index in [1.807, 2.05) is 0 Å². The first-order valence-electron chi connectivity index (χ1n) is 8.35. The number of hydrogen-bond acceptors (Lipinski definition) is 4. The van der Waals surface area contributed by atoms with E-state index in [9.17, 15) is 19.1 Å². The standard InChI is InChI=1S/C18H24FNO5/c1-24-10-4-8-18(17(22)23)7-3-9-20(13-18)16(21)12-25-15-6-2-5-14(19)11-15/h2,5-6,11H,3-4,7-10,12-13H2,1H3,(H,22,23)/t18-/m0/s1. The molecule has 1 N–H and O–H groups in total. The highest BCUT2D eigenvalue weighted by atomic mass is 19.1. The molecule has 0 aromatic heterocycles. The van der Waals surface area contributed by atoms with Gasteiger partial charge in [-0.1, -0.05) is 6.07 Å². The summed E-state index contributed by atoms with van der Waals surface area (Å²) < 4.78 is 23.5. The molecule has 1 aromatic rings. The molecule has 1 amide bonds. The minimum Gasteiger partial charge on any atom is -0.484 e. The van der Waals surface area contributed by atoms with Gasteiger partial charge in [-0.05, 0) is 37.8 Å². The lowest BCUT2D eigenvalue weighted by molar-refractivity contribution is -0.156. The van der Waals surface area contributed by atoms with Gasteiger partial charge in [0.05, 0.1) is 5.41 Å². The Morgan fingerprint density at radius 1 is 1.40 bits per heavy atom. The van der Waals surface area contributed by atoms with E-state index in [2.05, 4.69) is 0 Å². The van der Waals surface area contributed by atoms with Crippen molar-refractivity contribution >= 4 is 11.9 Å². The van der Waals surface area contributed by atoms with Crippen molar-refractivity contribution in [2.45, 2.75) is 25.7 Å². The van der Waals surface area contributed by atoms with Gasteiger partial charge in [0.15, 0.2) is 6.61 Å². The molecule has 0 aliphatic carbocycles. The molecule has 1 aromatic carbocycles. The van der Waals surface area contributed by atoms with Crippen molar-refractivity contribution in [1.29, 1.82) is 0 Å². The van der Waals surface area contributed by atoms with Crippen LogP contribution in [-0.4, -0.2) is 55.3 Å². The number of likely N-dealkylation sites (tertiary alicyclic amines) is 1. The summed E-state index contributed by atoms with van der Waals surface area (Å²) in [6.07, 6.45) is 2.26. The molecule has 1 atom stereocenters. The minimum atomic E-state index is -0.939. The molecule has 25 heavy (non-hydrogen) atoms. The van der Waals surface area contributed by atoms with Gasteiger partial charge in [0.2, 0.25) is 0 Å². The fourth-order valence-electron chi connectivity index (χ4n) is 3.18. The third-order valence-electron chi connectivity index (χ3n) is 4.55. The SMILES string of the molecule is COCCC[C@@]1(C(=O)O)CCCN(C(=O)COc2cccc(F)c2)C1. The van der Waals surface area contributed by atoms with E-state index in [1.165, 1.54) is 23.1 Å². The zero-order chi connectivity index (χ0) is 18.3. The fraction of sp³-hybridized carbons (Fsp3) is 0.556. The number of carbonyl (C=O) groups excluding carboxylic acids is 1. The number of carbonyl (C=O) groups is 2. The van der Waals surface area contributed by atoms with Gasteiger partial charge in [0.25, 0.3) is 5.91 Å². The van der Waals surface area contributed by atoms with Crippen LogP contribution in [0.1, 0.15) is 25.7 Å². The number of nitrogens with zero attached hydrogens (tertiary/aromatic N) is 1. The third kappa shape index (κ3) is 5.16. The maximum Gasteiger partial charge on any atom is 0.311 e. The maximum atomic E-state index is 13.1. The van der Waals surface area contributed by atoms with Gasteiger partial charge in [-0.3, -0.25) is 9.59 Å². The number of methoxy groups -OCH3 is 1. The van der Waals surface area contributed by atoms with E-state index in [0.29, 0.717) is 38.8 Å². The van der Waals surface area contributed by atoms with Crippen LogP contribution in [0.4, 0.5) is 4.39 Å². The Balaban J connectivity index is 1.95. The van der Waals surface area contributed by atoms with Crippen molar-refractivity contribution in [1.82, 2.24) is 4.90 Å². The van der Waals surface area contributed by atoms with Crippen LogP contribution in [0.5, 0.6) is 5.75 Å². The van der Waals surface area contributed by atoms with E-state index in [-0.39, 0.29) is 24.8 Å². The molecule has 1 saturated heterocycles. The summed E-state index contributed by atoms with van der Waals surface area (Å²) in [7, 11) is 1.58. The van der Waals surface area contributed by atoms with Gasteiger partial charge < -0.3 is 19.5 Å². The lowest BCUT2D eigenvalue weighted by atomic mass is 9.76. The molecular formula is C18H24FNO5. The van der Waals surface area contributed by atoms with Crippen LogP contribution in [0, 0.1) is 11.2 Å². The predicted molar refractivity (Wildman–Crippen MR) is 88.9 cm³/mol. The lowest BCUT2D eigenvalue weighted by Crippen LogP contribution is -2.51. The molecule has 0 saturated carbocycles. The molecule has 1 fully saturated rings. The molecule has 138 valence electrons. The van der Waals surface area contributed by atoms with Crippen molar-refractivity contribution in [3.63, 3.8) is 0 Å². The summed E-state index contributed by atoms with van der Waals surface area (Å²) in [4.78, 5) is 25.7. The number of rotatable bonds is 8. The number of hydrogen-bond donors (Lipinski definition) is 1. The smallest absolute Gasteiger partial charge is 0.311 e. The molecule has 7 heteroatoms. The zero-order valence-corrected chi connectivity index (χ0v) is 14.4. The van der Waals surface area contributed by atoms with Crippen LogP contribution < -0.4 is 4.74 Å². The second-order valence-electron chi connectivity index (χ2n) is 6.35. The van der Waals surface area contributed by atoms with Gasteiger partial charge in [-0.15, -0.1) is 0 Å². The third-order valence-corrected chi connectivity index (χ3v) is 4.55. The number of ether oxygens (including phenoxy) is 2. The van der Waals surface area contributed by atoms with E-state index in [1.54, 1.807) is 13.2 Å². The number of carboxylic acids is 1. The van der Waals surface area contributed by atoms with Gasteiger partial charge in [0.1, 0.15) is 11.6 Å². The fourth-order valence-corrected chi connectivity index (χ4v) is 3.18. The van der Waals surface area contributed by atoms with Gasteiger partial charge in [-0.25, -0.2) is 4.39 Å². The summed E-state index contributed by atoms with van der Waals surface area (Å²) in [5.74, 6) is -1.34. The summed E-state index contributed by atoms with van der Waals surface area (Å²) in [5.41, 5.74) is -0.939. The largest absolute Gasteiger partial charge is 0.484 e. The zero-order valence-electron chi connectivity index (χ0n) is 14.4. The Hall–Kier alpha value is -2.15. The average molecular weight is 353 g/mol. The van der Waals surface area contributed by atoms with E-state index >= 15 is 0 Å². The normalized spacial score (nSPS) is 20.3. The van der Waals surface area contributed by atoms with E-state index in [0.717, 1.165) is 0 Å². The number of amides is 1. The van der Waals surface area contributed by atoms with Gasteiger partial charge in [0, 0.05) is 32.9 Å². The summed E-state index contributed by atoms with van der Waals surface area (Å²) in [5, 5.41) is 9.67. The molecule has 0 unspecified atom stereocenters. The Morgan fingerprint density at radius 3 is 2.88 bits per heavy atom. The molecule has 1 aliphatic heterocycles. The molecule has 0 spiro atoms. The topological polar surface area (TPSA) is 76.1 Å². The second kappa shape index (κ2) is 8.80. The first-order chi connectivity index (χ1) is 12.0. The van der Waals surface area contributed by atoms with Crippen molar-refractivity contribution in [3.05, 3.63) is 30.1 Å². The molecule has 6 nitrogen and oxygen atoms in total. The molecule has 1 aliphatic rings. The molecular weight excluding hydrogens is 329 g/mol. The number of aliphatic carboxylic acids is 1. The number of piperidine rings is 1. The van der Waals surface area contributed by atoms with Crippen LogP contribution in [0.2, 0.25) is 0 Å². The van der Waals surface area contributed by atoms with Crippen molar-refractivity contribution in [3.8, 4) is 5.75 Å². The number of benzene rings is 1. The Labute approximate surface area is 146 Å². The Bertz CT molecular complexity index is 609. The number of carboxylic acid groups (broad SMARTS) is 1. The van der Waals surface area contributed by atoms with Crippen molar-refractivity contribution < 1.29 is 28.6 Å². The Kier molecular flexibility index (Phi) is 6.75. The van der Waals surface area contributed by atoms with Crippen molar-refractivity contribution in [2.24, 2.45) is 5.41 Å². The first-order valence-corrected chi connectivity index (χ1v) is 8.35. The van der Waals surface area contributed by atoms with Gasteiger partial charge >= 0.3 is 5.97 Å². The van der Waals surface area contributed by atoms with E-state index in [4.69, 9.17) is 9.47 Å². The average Bonchev–Trinajstić information content (AvgIpc) is 2.60. The monoisotopic (exact) mass is 353 g/mol. The van der Waals surface area contributed by atoms with Crippen LogP contribution >= 0.6 is 0 Å². The predicted octanol–water partition coefficient (Wildman–Crippen LogP) is 2.32. The lowest BCUT2D eigenvalue weighted by Gasteiger charge is -2.40. The molecule has 2 rings (SSSR count). The molecule has 1 heterocycles. The quantitative estimate of drug-likeness (QED) is 0.726. The van der Waals surface area contributed by atoms with Crippen LogP contribution in [0.15, 0.2) is 24.3 Å². The van der Waals surface area contributed by atoms with Gasteiger partial charge in [-0.2, -0.15) is 0 Å². The van der Waals surface area contributed by atoms with Crippen LogP contribution in [-0.2, 0) is 14.3 Å². The Morgan fingerprint density at radius 2 is 2.20 bits per heavy atom. The first kappa shape index (κ1) is 19.2. The highest BCUT2D eigenvalue weighted by Gasteiger charge is 2.43. The highest BCUT2D eigenvalue weighted by molar-refractivity contribution is 5.80.